The SMILES string of the molecule is COc1cccc2c1C(=O)C(c1c(C)cc(C)cc1C)C2=O. The molecule has 0 fully saturated rings. The van der Waals surface area contributed by atoms with Gasteiger partial charge in [0.2, 0.25) is 0 Å². The Labute approximate surface area is 129 Å². The highest BCUT2D eigenvalue weighted by molar-refractivity contribution is 6.31. The molecule has 1 aliphatic carbocycles. The number of rotatable bonds is 2. The van der Waals surface area contributed by atoms with Gasteiger partial charge in [0.15, 0.2) is 11.6 Å². The number of ether oxygens (including phenoxy) is 1. The van der Waals surface area contributed by atoms with E-state index in [2.05, 4.69) is 0 Å². The highest BCUT2D eigenvalue weighted by atomic mass is 16.5. The van der Waals surface area contributed by atoms with Gasteiger partial charge in [0.1, 0.15) is 11.7 Å². The lowest BCUT2D eigenvalue weighted by atomic mass is 9.86. The highest BCUT2D eigenvalue weighted by Gasteiger charge is 2.42. The van der Waals surface area contributed by atoms with Crippen LogP contribution < -0.4 is 4.74 Å². The summed E-state index contributed by atoms with van der Waals surface area (Å²) in [6, 6.07) is 9.21. The van der Waals surface area contributed by atoms with E-state index in [0.29, 0.717) is 16.9 Å². The molecule has 0 aliphatic heterocycles. The first-order chi connectivity index (χ1) is 10.5. The van der Waals surface area contributed by atoms with Crippen LogP contribution in [0.25, 0.3) is 0 Å². The van der Waals surface area contributed by atoms with Crippen molar-refractivity contribution >= 4 is 11.6 Å². The van der Waals surface area contributed by atoms with Crippen LogP contribution in [0.5, 0.6) is 5.75 Å². The first-order valence-corrected chi connectivity index (χ1v) is 7.29. The van der Waals surface area contributed by atoms with Gasteiger partial charge in [-0.1, -0.05) is 29.8 Å². The molecule has 3 heteroatoms. The van der Waals surface area contributed by atoms with E-state index in [0.717, 1.165) is 22.3 Å². The van der Waals surface area contributed by atoms with Crippen LogP contribution in [0.15, 0.2) is 30.3 Å². The number of fused-ring (bicyclic) bond motifs is 1. The summed E-state index contributed by atoms with van der Waals surface area (Å²) in [6.07, 6.45) is 0. The number of carbonyl (C=O) groups is 2. The summed E-state index contributed by atoms with van der Waals surface area (Å²) in [5.74, 6) is -0.561. The molecule has 0 saturated carbocycles. The molecule has 0 N–H and O–H groups in total. The lowest BCUT2D eigenvalue weighted by Gasteiger charge is -2.15. The molecule has 0 spiro atoms. The third kappa shape index (κ3) is 1.97. The van der Waals surface area contributed by atoms with E-state index < -0.39 is 5.92 Å². The average Bonchev–Trinajstić information content (AvgIpc) is 2.71. The maximum absolute atomic E-state index is 12.9. The monoisotopic (exact) mass is 294 g/mol. The Morgan fingerprint density at radius 1 is 0.955 bits per heavy atom. The Bertz CT molecular complexity index is 779. The fraction of sp³-hybridized carbons (Fsp3) is 0.263. The second-order valence-electron chi connectivity index (χ2n) is 5.86. The van der Waals surface area contributed by atoms with Crippen molar-refractivity contribution in [3.8, 4) is 5.75 Å². The Hall–Kier alpha value is -2.42. The third-order valence-electron chi connectivity index (χ3n) is 4.31. The third-order valence-corrected chi connectivity index (χ3v) is 4.31. The maximum atomic E-state index is 12.9. The molecule has 0 amide bonds. The standard InChI is InChI=1S/C19H18O3/c1-10-8-11(2)15(12(3)9-10)17-18(20)13-6-5-7-14(22-4)16(13)19(17)21/h5-9,17H,1-4H3. The van der Waals surface area contributed by atoms with E-state index in [4.69, 9.17) is 4.74 Å². The molecule has 1 unspecified atom stereocenters. The Morgan fingerprint density at radius 3 is 2.18 bits per heavy atom. The molecule has 0 heterocycles. The van der Waals surface area contributed by atoms with Gasteiger partial charge in [0.05, 0.1) is 12.7 Å². The molecule has 3 nitrogen and oxygen atoms in total. The van der Waals surface area contributed by atoms with Crippen LogP contribution in [-0.2, 0) is 0 Å². The van der Waals surface area contributed by atoms with Crippen molar-refractivity contribution in [2.75, 3.05) is 7.11 Å². The van der Waals surface area contributed by atoms with Crippen LogP contribution in [0.3, 0.4) is 0 Å². The number of carbonyl (C=O) groups excluding carboxylic acids is 2. The minimum Gasteiger partial charge on any atom is -0.496 e. The average molecular weight is 294 g/mol. The highest BCUT2D eigenvalue weighted by Crippen LogP contribution is 2.40. The van der Waals surface area contributed by atoms with Gasteiger partial charge in [-0.15, -0.1) is 0 Å². The summed E-state index contributed by atoms with van der Waals surface area (Å²) in [5.41, 5.74) is 4.81. The van der Waals surface area contributed by atoms with Gasteiger partial charge in [-0.3, -0.25) is 9.59 Å². The minimum atomic E-state index is -0.744. The number of Topliss-reactive ketones (excluding diaryl/α,β-unsaturated/α-hetero) is 2. The van der Waals surface area contributed by atoms with Gasteiger partial charge in [-0.2, -0.15) is 0 Å². The topological polar surface area (TPSA) is 43.4 Å². The largest absolute Gasteiger partial charge is 0.496 e. The zero-order valence-electron chi connectivity index (χ0n) is 13.2. The molecule has 2 aromatic rings. The van der Waals surface area contributed by atoms with Crippen molar-refractivity contribution in [2.45, 2.75) is 26.7 Å². The summed E-state index contributed by atoms with van der Waals surface area (Å²) in [5, 5.41) is 0. The van der Waals surface area contributed by atoms with Crippen molar-refractivity contribution in [1.29, 1.82) is 0 Å². The van der Waals surface area contributed by atoms with Gasteiger partial charge in [0.25, 0.3) is 0 Å². The quantitative estimate of drug-likeness (QED) is 0.792. The predicted molar refractivity (Wildman–Crippen MR) is 85.0 cm³/mol. The number of benzene rings is 2. The molecular weight excluding hydrogens is 276 g/mol. The van der Waals surface area contributed by atoms with Crippen LogP contribution in [0.4, 0.5) is 0 Å². The van der Waals surface area contributed by atoms with Gasteiger partial charge in [-0.25, -0.2) is 0 Å². The number of aryl methyl sites for hydroxylation is 3. The Balaban J connectivity index is 2.21. The lowest BCUT2D eigenvalue weighted by Crippen LogP contribution is -2.16. The molecule has 112 valence electrons. The zero-order valence-corrected chi connectivity index (χ0v) is 13.2. The minimum absolute atomic E-state index is 0.131. The number of hydrogen-bond acceptors (Lipinski definition) is 3. The molecule has 0 radical (unpaired) electrons. The summed E-state index contributed by atoms with van der Waals surface area (Å²) in [6.45, 7) is 5.92. The first-order valence-electron chi connectivity index (χ1n) is 7.29. The van der Waals surface area contributed by atoms with Crippen LogP contribution in [0.1, 0.15) is 48.9 Å². The van der Waals surface area contributed by atoms with E-state index in [1.807, 2.05) is 32.9 Å². The van der Waals surface area contributed by atoms with Crippen molar-refractivity contribution in [2.24, 2.45) is 0 Å². The Morgan fingerprint density at radius 2 is 1.59 bits per heavy atom. The van der Waals surface area contributed by atoms with Crippen LogP contribution in [0, 0.1) is 20.8 Å². The molecule has 2 aromatic carbocycles. The number of methoxy groups -OCH3 is 1. The molecule has 0 saturated heterocycles. The summed E-state index contributed by atoms with van der Waals surface area (Å²) < 4.78 is 5.27. The van der Waals surface area contributed by atoms with E-state index in [9.17, 15) is 9.59 Å². The van der Waals surface area contributed by atoms with E-state index in [-0.39, 0.29) is 11.6 Å². The van der Waals surface area contributed by atoms with Crippen molar-refractivity contribution < 1.29 is 14.3 Å². The normalized spacial score (nSPS) is 16.8. The van der Waals surface area contributed by atoms with E-state index in [1.165, 1.54) is 7.11 Å². The molecule has 3 rings (SSSR count). The van der Waals surface area contributed by atoms with Crippen LogP contribution in [0.2, 0.25) is 0 Å². The van der Waals surface area contributed by atoms with Crippen LogP contribution >= 0.6 is 0 Å². The summed E-state index contributed by atoms with van der Waals surface area (Å²) >= 11 is 0. The number of ketones is 2. The smallest absolute Gasteiger partial charge is 0.182 e. The zero-order chi connectivity index (χ0) is 16.0. The summed E-state index contributed by atoms with van der Waals surface area (Å²) in [4.78, 5) is 25.7. The van der Waals surface area contributed by atoms with E-state index in [1.54, 1.807) is 18.2 Å². The van der Waals surface area contributed by atoms with Crippen molar-refractivity contribution in [1.82, 2.24) is 0 Å². The van der Waals surface area contributed by atoms with Gasteiger partial charge in [-0.05, 0) is 43.5 Å². The second kappa shape index (κ2) is 5.09. The van der Waals surface area contributed by atoms with Crippen molar-refractivity contribution in [3.05, 3.63) is 63.7 Å². The second-order valence-corrected chi connectivity index (χ2v) is 5.86. The number of hydrogen-bond donors (Lipinski definition) is 0. The maximum Gasteiger partial charge on any atom is 0.182 e. The van der Waals surface area contributed by atoms with E-state index >= 15 is 0 Å². The molecule has 22 heavy (non-hydrogen) atoms. The van der Waals surface area contributed by atoms with Crippen molar-refractivity contribution in [3.63, 3.8) is 0 Å². The van der Waals surface area contributed by atoms with Gasteiger partial charge in [0, 0.05) is 5.56 Å². The van der Waals surface area contributed by atoms with Gasteiger partial charge >= 0.3 is 0 Å². The molecule has 1 atom stereocenters. The molecule has 1 aliphatic rings. The molecular formula is C19H18O3. The predicted octanol–water partition coefficient (Wildman–Crippen LogP) is 3.78. The molecule has 0 bridgehead atoms. The summed E-state index contributed by atoms with van der Waals surface area (Å²) in [7, 11) is 1.52. The fourth-order valence-electron chi connectivity index (χ4n) is 3.49. The lowest BCUT2D eigenvalue weighted by molar-refractivity contribution is 0.0888. The Kier molecular flexibility index (Phi) is 3.36. The fourth-order valence-corrected chi connectivity index (χ4v) is 3.49. The van der Waals surface area contributed by atoms with Crippen LogP contribution in [-0.4, -0.2) is 18.7 Å². The molecule has 0 aromatic heterocycles. The van der Waals surface area contributed by atoms with Gasteiger partial charge < -0.3 is 4.74 Å². The first kappa shape index (κ1) is 14.5.